The molecule has 0 N–H and O–H groups in total. The number of hydrogen-bond acceptors (Lipinski definition) is 2. The molecule has 0 amide bonds. The van der Waals surface area contributed by atoms with Crippen LogP contribution in [0.15, 0.2) is 24.4 Å². The van der Waals surface area contributed by atoms with Crippen LogP contribution in [0.1, 0.15) is 19.9 Å². The lowest BCUT2D eigenvalue weighted by Gasteiger charge is -2.01. The SMILES string of the molecule is CC(C)n1cc(-c2cc(F)cc(F)c2)nn1. The lowest BCUT2D eigenvalue weighted by Crippen LogP contribution is -2.00. The van der Waals surface area contributed by atoms with Crippen molar-refractivity contribution in [1.82, 2.24) is 15.0 Å². The van der Waals surface area contributed by atoms with Gasteiger partial charge < -0.3 is 0 Å². The molecule has 16 heavy (non-hydrogen) atoms. The van der Waals surface area contributed by atoms with Crippen LogP contribution in [0.25, 0.3) is 11.3 Å². The van der Waals surface area contributed by atoms with E-state index in [-0.39, 0.29) is 6.04 Å². The molecule has 1 aromatic heterocycles. The molecule has 2 rings (SSSR count). The van der Waals surface area contributed by atoms with Gasteiger partial charge in [-0.25, -0.2) is 13.5 Å². The summed E-state index contributed by atoms with van der Waals surface area (Å²) in [5, 5.41) is 7.74. The van der Waals surface area contributed by atoms with Crippen molar-refractivity contribution in [2.75, 3.05) is 0 Å². The largest absolute Gasteiger partial charge is 0.249 e. The predicted octanol–water partition coefficient (Wildman–Crippen LogP) is 2.80. The average Bonchev–Trinajstić information content (AvgIpc) is 2.64. The number of rotatable bonds is 2. The molecule has 3 nitrogen and oxygen atoms in total. The van der Waals surface area contributed by atoms with E-state index in [0.717, 1.165) is 6.07 Å². The highest BCUT2D eigenvalue weighted by Crippen LogP contribution is 2.19. The van der Waals surface area contributed by atoms with E-state index in [1.807, 2.05) is 13.8 Å². The molecule has 0 aliphatic heterocycles. The number of halogens is 2. The third kappa shape index (κ3) is 2.08. The highest BCUT2D eigenvalue weighted by molar-refractivity contribution is 5.57. The van der Waals surface area contributed by atoms with Crippen LogP contribution in [0, 0.1) is 11.6 Å². The van der Waals surface area contributed by atoms with Crippen LogP contribution in [0.5, 0.6) is 0 Å². The minimum atomic E-state index is -0.617. The van der Waals surface area contributed by atoms with Gasteiger partial charge in [-0.2, -0.15) is 0 Å². The summed E-state index contributed by atoms with van der Waals surface area (Å²) in [5.41, 5.74) is 0.858. The molecular formula is C11H11F2N3. The van der Waals surface area contributed by atoms with Crippen LogP contribution >= 0.6 is 0 Å². The van der Waals surface area contributed by atoms with Crippen molar-refractivity contribution in [2.24, 2.45) is 0 Å². The molecule has 2 aromatic rings. The Morgan fingerprint density at radius 3 is 2.25 bits per heavy atom. The highest BCUT2D eigenvalue weighted by atomic mass is 19.1. The van der Waals surface area contributed by atoms with E-state index in [0.29, 0.717) is 11.3 Å². The summed E-state index contributed by atoms with van der Waals surface area (Å²) in [7, 11) is 0. The van der Waals surface area contributed by atoms with E-state index < -0.39 is 11.6 Å². The second-order valence-corrected chi connectivity index (χ2v) is 3.84. The minimum Gasteiger partial charge on any atom is -0.249 e. The molecule has 0 spiro atoms. The summed E-state index contributed by atoms with van der Waals surface area (Å²) in [6.45, 7) is 3.90. The first-order valence-corrected chi connectivity index (χ1v) is 4.94. The first kappa shape index (κ1) is 10.7. The summed E-state index contributed by atoms with van der Waals surface area (Å²) >= 11 is 0. The molecule has 0 bridgehead atoms. The van der Waals surface area contributed by atoms with E-state index in [1.165, 1.54) is 12.1 Å². The van der Waals surface area contributed by atoms with E-state index in [4.69, 9.17) is 0 Å². The van der Waals surface area contributed by atoms with E-state index in [9.17, 15) is 8.78 Å². The molecule has 84 valence electrons. The highest BCUT2D eigenvalue weighted by Gasteiger charge is 2.08. The zero-order valence-corrected chi connectivity index (χ0v) is 8.98. The van der Waals surface area contributed by atoms with Crippen molar-refractivity contribution < 1.29 is 8.78 Å². The Bertz CT molecular complexity index is 485. The molecule has 0 aliphatic carbocycles. The zero-order chi connectivity index (χ0) is 11.7. The molecule has 0 aliphatic rings. The summed E-state index contributed by atoms with van der Waals surface area (Å²) in [4.78, 5) is 0. The topological polar surface area (TPSA) is 30.7 Å². The first-order valence-electron chi connectivity index (χ1n) is 4.94. The van der Waals surface area contributed by atoms with Crippen molar-refractivity contribution in [3.63, 3.8) is 0 Å². The molecule has 0 unspecified atom stereocenters. The lowest BCUT2D eigenvalue weighted by molar-refractivity contribution is 0.514. The van der Waals surface area contributed by atoms with Crippen molar-refractivity contribution in [3.8, 4) is 11.3 Å². The third-order valence-corrected chi connectivity index (χ3v) is 2.20. The van der Waals surface area contributed by atoms with Gasteiger partial charge in [0.15, 0.2) is 0 Å². The third-order valence-electron chi connectivity index (χ3n) is 2.20. The Balaban J connectivity index is 2.42. The standard InChI is InChI=1S/C11H11F2N3/c1-7(2)16-6-11(14-15-16)8-3-9(12)5-10(13)4-8/h3-7H,1-2H3. The smallest absolute Gasteiger partial charge is 0.126 e. The molecular weight excluding hydrogens is 212 g/mol. The zero-order valence-electron chi connectivity index (χ0n) is 8.98. The fourth-order valence-corrected chi connectivity index (χ4v) is 1.36. The van der Waals surface area contributed by atoms with Gasteiger partial charge in [0.1, 0.15) is 17.3 Å². The van der Waals surface area contributed by atoms with Gasteiger partial charge in [-0.1, -0.05) is 5.21 Å². The maximum absolute atomic E-state index is 13.0. The Morgan fingerprint density at radius 2 is 1.75 bits per heavy atom. The van der Waals surface area contributed by atoms with Gasteiger partial charge in [-0.05, 0) is 26.0 Å². The van der Waals surface area contributed by atoms with Gasteiger partial charge >= 0.3 is 0 Å². The molecule has 0 fully saturated rings. The summed E-state index contributed by atoms with van der Waals surface area (Å²) in [6.07, 6.45) is 1.67. The molecule has 1 heterocycles. The van der Waals surface area contributed by atoms with Gasteiger partial charge in [-0.3, -0.25) is 0 Å². The molecule has 0 saturated carbocycles. The molecule has 1 aromatic carbocycles. The monoisotopic (exact) mass is 223 g/mol. The van der Waals surface area contributed by atoms with Crippen LogP contribution < -0.4 is 0 Å². The van der Waals surface area contributed by atoms with Crippen LogP contribution in [0.2, 0.25) is 0 Å². The summed E-state index contributed by atoms with van der Waals surface area (Å²) < 4.78 is 27.6. The second kappa shape index (κ2) is 4.00. The van der Waals surface area contributed by atoms with Crippen LogP contribution in [0.4, 0.5) is 8.78 Å². The Labute approximate surface area is 91.7 Å². The van der Waals surface area contributed by atoms with E-state index in [1.54, 1.807) is 10.9 Å². The second-order valence-electron chi connectivity index (χ2n) is 3.84. The molecule has 0 atom stereocenters. The summed E-state index contributed by atoms with van der Waals surface area (Å²) in [5.74, 6) is -1.23. The van der Waals surface area contributed by atoms with Crippen LogP contribution in [0.3, 0.4) is 0 Å². The minimum absolute atomic E-state index is 0.166. The fourth-order valence-electron chi connectivity index (χ4n) is 1.36. The number of aromatic nitrogens is 3. The molecule has 5 heteroatoms. The molecule has 0 saturated heterocycles. The van der Waals surface area contributed by atoms with Gasteiger partial charge in [0.2, 0.25) is 0 Å². The maximum atomic E-state index is 13.0. The number of nitrogens with zero attached hydrogens (tertiary/aromatic N) is 3. The van der Waals surface area contributed by atoms with Crippen LogP contribution in [-0.4, -0.2) is 15.0 Å². The van der Waals surface area contributed by atoms with Crippen molar-refractivity contribution in [3.05, 3.63) is 36.0 Å². The van der Waals surface area contributed by atoms with Crippen LogP contribution in [-0.2, 0) is 0 Å². The van der Waals surface area contributed by atoms with Crippen molar-refractivity contribution in [1.29, 1.82) is 0 Å². The van der Waals surface area contributed by atoms with Gasteiger partial charge in [-0.15, -0.1) is 5.10 Å². The number of hydrogen-bond donors (Lipinski definition) is 0. The fraction of sp³-hybridized carbons (Fsp3) is 0.273. The van der Waals surface area contributed by atoms with Gasteiger partial charge in [0.25, 0.3) is 0 Å². The normalized spacial score (nSPS) is 11.1. The molecule has 0 radical (unpaired) electrons. The summed E-state index contributed by atoms with van der Waals surface area (Å²) in [6, 6.07) is 3.46. The van der Waals surface area contributed by atoms with Gasteiger partial charge in [0.05, 0.1) is 6.20 Å². The van der Waals surface area contributed by atoms with Crippen molar-refractivity contribution in [2.45, 2.75) is 19.9 Å². The van der Waals surface area contributed by atoms with Crippen molar-refractivity contribution >= 4 is 0 Å². The first-order chi connectivity index (χ1) is 7.56. The maximum Gasteiger partial charge on any atom is 0.126 e. The Kier molecular flexibility index (Phi) is 2.68. The Hall–Kier alpha value is -1.78. The van der Waals surface area contributed by atoms with E-state index in [2.05, 4.69) is 10.3 Å². The van der Waals surface area contributed by atoms with E-state index >= 15 is 0 Å². The lowest BCUT2D eigenvalue weighted by atomic mass is 10.1. The quantitative estimate of drug-likeness (QED) is 0.783. The Morgan fingerprint density at radius 1 is 1.12 bits per heavy atom. The van der Waals surface area contributed by atoms with Gasteiger partial charge in [0, 0.05) is 17.7 Å². The number of benzene rings is 1. The average molecular weight is 223 g/mol. The predicted molar refractivity (Wildman–Crippen MR) is 55.8 cm³/mol.